The molecule has 15 heavy (non-hydrogen) atoms. The zero-order chi connectivity index (χ0) is 11.6. The summed E-state index contributed by atoms with van der Waals surface area (Å²) in [4.78, 5) is 14.3. The smallest absolute Gasteiger partial charge is 0.264 e. The van der Waals surface area contributed by atoms with Crippen molar-refractivity contribution in [2.45, 2.75) is 6.43 Å². The number of nitrogens with zero attached hydrogens (tertiary/aromatic N) is 2. The van der Waals surface area contributed by atoms with Gasteiger partial charge in [0.15, 0.2) is 5.69 Å². The molecule has 0 fully saturated rings. The topological polar surface area (TPSA) is 53.8 Å². The van der Waals surface area contributed by atoms with Gasteiger partial charge in [-0.3, -0.25) is 4.79 Å². The summed E-state index contributed by atoms with van der Waals surface area (Å²) >= 11 is 10.5. The third-order valence-corrected chi connectivity index (χ3v) is 1.94. The lowest BCUT2D eigenvalue weighted by atomic mass is 10.1. The number of carbonyl (C=O) groups excluding carboxylic acids is 1. The molecule has 0 aromatic carbocycles. The minimum Gasteiger partial charge on any atom is -0.275 e. The number of hydrogen-bond donors (Lipinski definition) is 0. The van der Waals surface area contributed by atoms with E-state index in [0.29, 0.717) is 0 Å². The normalized spacial score (nSPS) is 10.1. The molecule has 0 aliphatic rings. The lowest BCUT2D eigenvalue weighted by Gasteiger charge is -2.06. The van der Waals surface area contributed by atoms with Gasteiger partial charge in [0, 0.05) is 5.56 Å². The maximum atomic E-state index is 12.5. The maximum Gasteiger partial charge on any atom is 0.264 e. The fourth-order valence-electron chi connectivity index (χ4n) is 0.992. The molecule has 0 aliphatic carbocycles. The molecule has 0 atom stereocenters. The van der Waals surface area contributed by atoms with Crippen LogP contribution in [0, 0.1) is 11.3 Å². The van der Waals surface area contributed by atoms with Gasteiger partial charge in [-0.1, -0.05) is 11.6 Å². The van der Waals surface area contributed by atoms with E-state index >= 15 is 0 Å². The number of hydrogen-bond acceptors (Lipinski definition) is 3. The van der Waals surface area contributed by atoms with Gasteiger partial charge in [0.2, 0.25) is 0 Å². The Morgan fingerprint density at radius 2 is 2.20 bits per heavy atom. The molecule has 0 N–H and O–H groups in total. The third kappa shape index (κ3) is 2.41. The van der Waals surface area contributed by atoms with Crippen LogP contribution in [0.4, 0.5) is 8.78 Å². The van der Waals surface area contributed by atoms with Crippen molar-refractivity contribution in [3.05, 3.63) is 28.0 Å². The molecule has 1 aromatic rings. The summed E-state index contributed by atoms with van der Waals surface area (Å²) in [6, 6.07) is 2.29. The van der Waals surface area contributed by atoms with Crippen LogP contribution in [0.15, 0.2) is 6.07 Å². The summed E-state index contributed by atoms with van der Waals surface area (Å²) in [5.74, 6) is 0. The number of alkyl halides is 2. The van der Waals surface area contributed by atoms with Crippen LogP contribution in [0.25, 0.3) is 0 Å². The molecule has 1 aromatic heterocycles. The Balaban J connectivity index is 3.56. The molecule has 0 unspecified atom stereocenters. The van der Waals surface area contributed by atoms with Gasteiger partial charge in [-0.05, 0) is 17.7 Å². The summed E-state index contributed by atoms with van der Waals surface area (Å²) in [5, 5.41) is 7.12. The number of carbonyl (C=O) groups is 1. The van der Waals surface area contributed by atoms with Gasteiger partial charge in [-0.2, -0.15) is 5.26 Å². The summed E-state index contributed by atoms with van der Waals surface area (Å²) < 4.78 is 25.0. The van der Waals surface area contributed by atoms with Gasteiger partial charge in [0.05, 0.1) is 5.56 Å². The molecule has 0 amide bonds. The van der Waals surface area contributed by atoms with E-state index in [-0.39, 0.29) is 5.15 Å². The second-order valence-corrected chi connectivity index (χ2v) is 3.17. The van der Waals surface area contributed by atoms with Gasteiger partial charge in [0.25, 0.3) is 11.7 Å². The Kier molecular flexibility index (Phi) is 3.56. The fraction of sp³-hybridized carbons (Fsp3) is 0.125. The standard InChI is InChI=1S/C8H2Cl2F2N2O/c9-5-1-3(8(11)12)6(7(10)15)4(2-13)14-5/h1,8H. The van der Waals surface area contributed by atoms with Crippen molar-refractivity contribution >= 4 is 28.4 Å². The molecule has 78 valence electrons. The molecule has 1 heterocycles. The van der Waals surface area contributed by atoms with Crippen LogP contribution >= 0.6 is 23.2 Å². The summed E-state index contributed by atoms with van der Waals surface area (Å²) in [7, 11) is 0. The molecule has 0 aliphatic heterocycles. The second-order valence-electron chi connectivity index (χ2n) is 2.44. The minimum absolute atomic E-state index is 0.288. The van der Waals surface area contributed by atoms with Crippen molar-refractivity contribution in [1.82, 2.24) is 4.98 Å². The summed E-state index contributed by atoms with van der Waals surface area (Å²) in [5.41, 5.74) is -1.79. The number of aromatic nitrogens is 1. The largest absolute Gasteiger partial charge is 0.275 e. The molecule has 0 spiro atoms. The van der Waals surface area contributed by atoms with Gasteiger partial charge in [-0.15, -0.1) is 0 Å². The van der Waals surface area contributed by atoms with Gasteiger partial charge in [0.1, 0.15) is 11.2 Å². The van der Waals surface area contributed by atoms with E-state index in [1.807, 2.05) is 0 Å². The first-order chi connectivity index (χ1) is 6.97. The highest BCUT2D eigenvalue weighted by Crippen LogP contribution is 2.28. The number of halogens is 4. The minimum atomic E-state index is -2.95. The third-order valence-electron chi connectivity index (χ3n) is 1.56. The zero-order valence-electron chi connectivity index (χ0n) is 6.97. The van der Waals surface area contributed by atoms with Crippen LogP contribution in [0.1, 0.15) is 28.0 Å². The van der Waals surface area contributed by atoms with Crippen molar-refractivity contribution in [3.8, 4) is 6.07 Å². The molecule has 0 bridgehead atoms. The molecule has 7 heteroatoms. The highest BCUT2D eigenvalue weighted by atomic mass is 35.5. The van der Waals surface area contributed by atoms with Crippen LogP contribution in [-0.2, 0) is 0 Å². The number of pyridine rings is 1. The first-order valence-corrected chi connectivity index (χ1v) is 4.31. The number of rotatable bonds is 2. The predicted octanol–water partition coefficient (Wildman–Crippen LogP) is 2.92. The summed E-state index contributed by atoms with van der Waals surface area (Å²) in [6.45, 7) is 0. The highest BCUT2D eigenvalue weighted by molar-refractivity contribution is 6.68. The van der Waals surface area contributed by atoms with E-state index in [9.17, 15) is 13.6 Å². The quantitative estimate of drug-likeness (QED) is 0.599. The van der Waals surface area contributed by atoms with Crippen LogP contribution in [-0.4, -0.2) is 10.2 Å². The molecular formula is C8H2Cl2F2N2O. The first kappa shape index (κ1) is 11.8. The highest BCUT2D eigenvalue weighted by Gasteiger charge is 2.23. The fourth-order valence-corrected chi connectivity index (χ4v) is 1.39. The predicted molar refractivity (Wildman–Crippen MR) is 49.1 cm³/mol. The van der Waals surface area contributed by atoms with Crippen LogP contribution < -0.4 is 0 Å². The monoisotopic (exact) mass is 250 g/mol. The molecule has 3 nitrogen and oxygen atoms in total. The van der Waals surface area contributed by atoms with Gasteiger partial charge < -0.3 is 0 Å². The van der Waals surface area contributed by atoms with Crippen molar-refractivity contribution < 1.29 is 13.6 Å². The molecule has 0 radical (unpaired) electrons. The Morgan fingerprint density at radius 1 is 1.60 bits per heavy atom. The molecule has 0 saturated carbocycles. The van der Waals surface area contributed by atoms with Crippen molar-refractivity contribution in [1.29, 1.82) is 5.26 Å². The van der Waals surface area contributed by atoms with Crippen LogP contribution in [0.2, 0.25) is 5.15 Å². The van der Waals surface area contributed by atoms with Crippen molar-refractivity contribution in [2.75, 3.05) is 0 Å². The Bertz CT molecular complexity index is 457. The SMILES string of the molecule is N#Cc1nc(Cl)cc(C(F)F)c1C(=O)Cl. The zero-order valence-corrected chi connectivity index (χ0v) is 8.48. The Labute approximate surface area is 93.2 Å². The molecular weight excluding hydrogens is 249 g/mol. The maximum absolute atomic E-state index is 12.5. The summed E-state index contributed by atoms with van der Waals surface area (Å²) in [6.07, 6.45) is -2.95. The van der Waals surface area contributed by atoms with E-state index in [0.717, 1.165) is 6.07 Å². The average Bonchev–Trinajstić information content (AvgIpc) is 2.15. The molecule has 1 rings (SSSR count). The van der Waals surface area contributed by atoms with Gasteiger partial charge in [-0.25, -0.2) is 13.8 Å². The number of nitriles is 1. The lowest BCUT2D eigenvalue weighted by Crippen LogP contribution is -2.04. The average molecular weight is 251 g/mol. The lowest BCUT2D eigenvalue weighted by molar-refractivity contribution is 0.106. The van der Waals surface area contributed by atoms with Crippen molar-refractivity contribution in [3.63, 3.8) is 0 Å². The van der Waals surface area contributed by atoms with Crippen molar-refractivity contribution in [2.24, 2.45) is 0 Å². The van der Waals surface area contributed by atoms with E-state index in [4.69, 9.17) is 28.5 Å². The Hall–Kier alpha value is -1.25. The van der Waals surface area contributed by atoms with Crippen LogP contribution in [0.3, 0.4) is 0 Å². The Morgan fingerprint density at radius 3 is 2.60 bits per heavy atom. The second kappa shape index (κ2) is 4.51. The van der Waals surface area contributed by atoms with E-state index < -0.39 is 28.5 Å². The van der Waals surface area contributed by atoms with E-state index in [1.54, 1.807) is 0 Å². The van der Waals surface area contributed by atoms with Crippen LogP contribution in [0.5, 0.6) is 0 Å². The van der Waals surface area contributed by atoms with E-state index in [1.165, 1.54) is 6.07 Å². The molecule has 0 saturated heterocycles. The van der Waals surface area contributed by atoms with E-state index in [2.05, 4.69) is 4.98 Å². The first-order valence-electron chi connectivity index (χ1n) is 3.56. The van der Waals surface area contributed by atoms with Gasteiger partial charge >= 0.3 is 0 Å².